The molecule has 0 spiro atoms. The van der Waals surface area contributed by atoms with Gasteiger partial charge in [-0.05, 0) is 59.7 Å². The molecule has 0 fully saturated rings. The van der Waals surface area contributed by atoms with Gasteiger partial charge in [-0.2, -0.15) is 36.1 Å². The van der Waals surface area contributed by atoms with E-state index in [-0.39, 0.29) is 17.8 Å². The fourth-order valence-corrected chi connectivity index (χ4v) is 3.50. The van der Waals surface area contributed by atoms with Gasteiger partial charge in [0.2, 0.25) is 5.69 Å². The van der Waals surface area contributed by atoms with Gasteiger partial charge in [-0.1, -0.05) is 12.1 Å². The highest BCUT2D eigenvalue weighted by molar-refractivity contribution is 5.91. The maximum absolute atomic E-state index is 13.2. The first-order chi connectivity index (χ1) is 18.3. The molecule has 8 nitrogen and oxygen atoms in total. The topological polar surface area (TPSA) is 98.9 Å². The van der Waals surface area contributed by atoms with Crippen LogP contribution in [0.2, 0.25) is 0 Å². The number of carbonyl (C=O) groups is 1. The van der Waals surface area contributed by atoms with Crippen molar-refractivity contribution in [2.45, 2.75) is 25.4 Å². The largest absolute Gasteiger partial charge is 0.416 e. The lowest BCUT2D eigenvalue weighted by molar-refractivity contribution is -0.138. The molecule has 2 aromatic carbocycles. The Bertz CT molecular complexity index is 1590. The average molecular weight is 549 g/mol. The highest BCUT2D eigenvalue weighted by atomic mass is 19.4. The number of benzene rings is 2. The van der Waals surface area contributed by atoms with Crippen molar-refractivity contribution in [3.05, 3.63) is 122 Å². The highest BCUT2D eigenvalue weighted by Crippen LogP contribution is 2.30. The van der Waals surface area contributed by atoms with Crippen LogP contribution in [0.1, 0.15) is 32.7 Å². The molecule has 2 heterocycles. The van der Waals surface area contributed by atoms with E-state index in [9.17, 15) is 40.7 Å². The van der Waals surface area contributed by atoms with E-state index in [1.54, 1.807) is 12.1 Å². The number of aromatic nitrogens is 4. The Balaban J connectivity index is 1.77. The Hall–Kier alpha value is -4.75. The van der Waals surface area contributed by atoms with E-state index in [1.807, 2.05) is 0 Å². The van der Waals surface area contributed by atoms with Crippen LogP contribution in [0.5, 0.6) is 0 Å². The summed E-state index contributed by atoms with van der Waals surface area (Å²) >= 11 is 0. The van der Waals surface area contributed by atoms with Crippen molar-refractivity contribution in [3.63, 3.8) is 0 Å². The standard InChI is InChI=1S/C25H17F6N5O3/c26-24(27,28)17-3-1-16(2-4-17)14-35-22(38)20(21(37)33-13-15-9-11-32-12-10-15)34-36(23(35)39)19-7-5-18(6-8-19)25(29,30)31/h1-12H,13-14H2,(H,33,37). The van der Waals surface area contributed by atoms with Gasteiger partial charge < -0.3 is 5.32 Å². The third-order valence-electron chi connectivity index (χ3n) is 5.54. The van der Waals surface area contributed by atoms with E-state index in [0.29, 0.717) is 26.9 Å². The molecular weight excluding hydrogens is 532 g/mol. The molecule has 2 aromatic heterocycles. The van der Waals surface area contributed by atoms with Crippen molar-refractivity contribution in [3.8, 4) is 5.69 Å². The van der Waals surface area contributed by atoms with Gasteiger partial charge in [0.15, 0.2) is 0 Å². The Kier molecular flexibility index (Phi) is 7.38. The number of halogens is 6. The minimum atomic E-state index is -4.66. The van der Waals surface area contributed by atoms with E-state index in [1.165, 1.54) is 12.4 Å². The summed E-state index contributed by atoms with van der Waals surface area (Å²) in [6.45, 7) is -0.579. The maximum Gasteiger partial charge on any atom is 0.416 e. The molecule has 4 aromatic rings. The molecule has 0 aliphatic heterocycles. The van der Waals surface area contributed by atoms with Crippen molar-refractivity contribution in [1.29, 1.82) is 0 Å². The zero-order valence-electron chi connectivity index (χ0n) is 19.6. The lowest BCUT2D eigenvalue weighted by Crippen LogP contribution is -2.46. The summed E-state index contributed by atoms with van der Waals surface area (Å²) in [5.74, 6) is -0.987. The first-order valence-electron chi connectivity index (χ1n) is 11.1. The van der Waals surface area contributed by atoms with Gasteiger partial charge in [-0.25, -0.2) is 4.79 Å². The molecule has 0 unspecified atom stereocenters. The SMILES string of the molecule is O=C(NCc1ccncc1)c1nn(-c2ccc(C(F)(F)F)cc2)c(=O)n(Cc2ccc(C(F)(F)F)cc2)c1=O. The Labute approximate surface area is 215 Å². The van der Waals surface area contributed by atoms with Crippen molar-refractivity contribution < 1.29 is 31.1 Å². The van der Waals surface area contributed by atoms with Gasteiger partial charge >= 0.3 is 18.0 Å². The number of alkyl halides is 6. The molecule has 39 heavy (non-hydrogen) atoms. The molecule has 0 aliphatic rings. The molecule has 0 saturated heterocycles. The number of hydrogen-bond acceptors (Lipinski definition) is 5. The molecule has 1 N–H and O–H groups in total. The first kappa shape index (κ1) is 27.3. The quantitative estimate of drug-likeness (QED) is 0.369. The van der Waals surface area contributed by atoms with Crippen LogP contribution in [-0.4, -0.2) is 25.2 Å². The average Bonchev–Trinajstić information content (AvgIpc) is 2.90. The molecule has 0 bridgehead atoms. The zero-order valence-corrected chi connectivity index (χ0v) is 19.6. The maximum atomic E-state index is 13.2. The van der Waals surface area contributed by atoms with Crippen LogP contribution < -0.4 is 16.6 Å². The van der Waals surface area contributed by atoms with Crippen molar-refractivity contribution in [1.82, 2.24) is 24.6 Å². The Morgan fingerprint density at radius 1 is 0.769 bits per heavy atom. The van der Waals surface area contributed by atoms with Crippen LogP contribution in [-0.2, 0) is 25.4 Å². The predicted octanol–water partition coefficient (Wildman–Crippen LogP) is 3.81. The summed E-state index contributed by atoms with van der Waals surface area (Å²) in [7, 11) is 0. The lowest BCUT2D eigenvalue weighted by Gasteiger charge is -2.14. The lowest BCUT2D eigenvalue weighted by atomic mass is 10.1. The summed E-state index contributed by atoms with van der Waals surface area (Å²) in [5, 5.41) is 6.28. The smallest absolute Gasteiger partial charge is 0.346 e. The van der Waals surface area contributed by atoms with Gasteiger partial charge in [0, 0.05) is 18.9 Å². The van der Waals surface area contributed by atoms with Crippen LogP contribution in [0.15, 0.2) is 82.6 Å². The normalized spacial score (nSPS) is 11.8. The number of pyridine rings is 1. The molecular formula is C25H17F6N5O3. The van der Waals surface area contributed by atoms with Gasteiger partial charge in [-0.3, -0.25) is 19.1 Å². The van der Waals surface area contributed by atoms with Crippen molar-refractivity contribution in [2.24, 2.45) is 0 Å². The monoisotopic (exact) mass is 549 g/mol. The summed E-state index contributed by atoms with van der Waals surface area (Å²) in [6, 6.07) is 10.1. The van der Waals surface area contributed by atoms with Crippen LogP contribution in [0.3, 0.4) is 0 Å². The number of amides is 1. The Morgan fingerprint density at radius 2 is 1.31 bits per heavy atom. The van der Waals surface area contributed by atoms with Gasteiger partial charge in [0.25, 0.3) is 11.5 Å². The minimum Gasteiger partial charge on any atom is -0.346 e. The molecule has 14 heteroatoms. The molecule has 0 saturated carbocycles. The van der Waals surface area contributed by atoms with E-state index >= 15 is 0 Å². The van der Waals surface area contributed by atoms with Crippen LogP contribution >= 0.6 is 0 Å². The predicted molar refractivity (Wildman–Crippen MR) is 125 cm³/mol. The second kappa shape index (κ2) is 10.6. The van der Waals surface area contributed by atoms with Crippen LogP contribution in [0, 0.1) is 0 Å². The molecule has 1 amide bonds. The third-order valence-corrected chi connectivity index (χ3v) is 5.54. The molecule has 0 radical (unpaired) electrons. The number of hydrogen-bond donors (Lipinski definition) is 1. The first-order valence-corrected chi connectivity index (χ1v) is 11.1. The van der Waals surface area contributed by atoms with E-state index in [2.05, 4.69) is 15.4 Å². The van der Waals surface area contributed by atoms with Crippen LogP contribution in [0.4, 0.5) is 26.3 Å². The fraction of sp³-hybridized carbons (Fsp3) is 0.160. The third kappa shape index (κ3) is 6.22. The van der Waals surface area contributed by atoms with E-state index in [0.717, 1.165) is 36.4 Å². The van der Waals surface area contributed by atoms with E-state index < -0.39 is 52.9 Å². The summed E-state index contributed by atoms with van der Waals surface area (Å²) < 4.78 is 78.9. The summed E-state index contributed by atoms with van der Waals surface area (Å²) in [4.78, 5) is 43.0. The highest BCUT2D eigenvalue weighted by Gasteiger charge is 2.31. The molecule has 202 valence electrons. The second-order valence-corrected chi connectivity index (χ2v) is 8.21. The van der Waals surface area contributed by atoms with E-state index in [4.69, 9.17) is 0 Å². The van der Waals surface area contributed by atoms with Crippen molar-refractivity contribution in [2.75, 3.05) is 0 Å². The zero-order chi connectivity index (χ0) is 28.4. The Morgan fingerprint density at radius 3 is 1.85 bits per heavy atom. The fourth-order valence-electron chi connectivity index (χ4n) is 3.50. The van der Waals surface area contributed by atoms with Gasteiger partial charge in [-0.15, -0.1) is 0 Å². The number of carbonyl (C=O) groups excluding carboxylic acids is 1. The van der Waals surface area contributed by atoms with Crippen molar-refractivity contribution >= 4 is 5.91 Å². The number of rotatable bonds is 6. The summed E-state index contributed by atoms with van der Waals surface area (Å²) in [5.41, 5.74) is -4.41. The number of nitrogens with zero attached hydrogens (tertiary/aromatic N) is 4. The van der Waals surface area contributed by atoms with Gasteiger partial charge in [0.1, 0.15) is 0 Å². The molecule has 0 atom stereocenters. The molecule has 0 aliphatic carbocycles. The molecule has 4 rings (SSSR count). The van der Waals surface area contributed by atoms with Crippen LogP contribution in [0.25, 0.3) is 5.69 Å². The van der Waals surface area contributed by atoms with Gasteiger partial charge in [0.05, 0.1) is 23.4 Å². The second-order valence-electron chi connectivity index (χ2n) is 8.21. The minimum absolute atomic E-state index is 0.0409. The summed E-state index contributed by atoms with van der Waals surface area (Å²) in [6.07, 6.45) is -6.32. The number of nitrogens with one attached hydrogen (secondary N) is 1.